The van der Waals surface area contributed by atoms with E-state index in [1.54, 1.807) is 23.6 Å². The number of halogens is 1. The molecule has 1 aliphatic rings. The summed E-state index contributed by atoms with van der Waals surface area (Å²) in [5.41, 5.74) is 0. The average Bonchev–Trinajstić information content (AvgIpc) is 2.77. The van der Waals surface area contributed by atoms with Crippen LogP contribution in [0.1, 0.15) is 18.2 Å². The van der Waals surface area contributed by atoms with Gasteiger partial charge < -0.3 is 9.32 Å². The topological polar surface area (TPSA) is 76.3 Å². The highest BCUT2D eigenvalue weighted by Gasteiger charge is 2.34. The second kappa shape index (κ2) is 5.26. The van der Waals surface area contributed by atoms with Gasteiger partial charge in [0, 0.05) is 24.3 Å². The van der Waals surface area contributed by atoms with Crippen molar-refractivity contribution in [3.8, 4) is 0 Å². The number of alkyl halides is 1. The Morgan fingerprint density at radius 3 is 2.83 bits per heavy atom. The first-order chi connectivity index (χ1) is 8.39. The molecule has 6 nitrogen and oxygen atoms in total. The Labute approximate surface area is 115 Å². The van der Waals surface area contributed by atoms with E-state index < -0.39 is 15.2 Å². The lowest BCUT2D eigenvalue weighted by Gasteiger charge is -2.32. The third-order valence-corrected chi connectivity index (χ3v) is 5.42. The predicted molar refractivity (Wildman–Crippen MR) is 71.9 cm³/mol. The fourth-order valence-electron chi connectivity index (χ4n) is 1.66. The number of hydrogen-bond acceptors (Lipinski definition) is 7. The highest BCUT2D eigenvalue weighted by atomic mass is 35.5. The van der Waals surface area contributed by atoms with Crippen molar-refractivity contribution in [2.24, 2.45) is 0 Å². The summed E-state index contributed by atoms with van der Waals surface area (Å²) in [6.45, 7) is 2.29. The highest BCUT2D eigenvalue weighted by Crippen LogP contribution is 2.28. The Balaban J connectivity index is 2.28. The molecule has 2 rings (SSSR count). The van der Waals surface area contributed by atoms with Crippen LogP contribution in [0.25, 0.3) is 0 Å². The molecule has 0 saturated carbocycles. The van der Waals surface area contributed by atoms with Crippen LogP contribution in [0, 0.1) is 0 Å². The largest absolute Gasteiger partial charge is 0.406 e. The van der Waals surface area contributed by atoms with Crippen molar-refractivity contribution in [3.63, 3.8) is 0 Å². The zero-order valence-electron chi connectivity index (χ0n) is 10.0. The Hall–Kier alpha value is -0.470. The maximum atomic E-state index is 11.7. The molecule has 0 amide bonds. The van der Waals surface area contributed by atoms with E-state index in [0.717, 1.165) is 5.75 Å². The van der Waals surface area contributed by atoms with Crippen LogP contribution in [-0.4, -0.2) is 48.3 Å². The van der Waals surface area contributed by atoms with Gasteiger partial charge in [-0.1, -0.05) is 5.10 Å². The van der Waals surface area contributed by atoms with Crippen LogP contribution < -0.4 is 4.90 Å². The minimum atomic E-state index is -3.19. The lowest BCUT2D eigenvalue weighted by Crippen LogP contribution is -2.47. The molecule has 2 heterocycles. The van der Waals surface area contributed by atoms with Crippen LogP contribution in [0.15, 0.2) is 4.42 Å². The second-order valence-electron chi connectivity index (χ2n) is 4.09. The summed E-state index contributed by atoms with van der Waals surface area (Å²) in [4.78, 5) is 1.64. The van der Waals surface area contributed by atoms with Crippen molar-refractivity contribution in [2.75, 3.05) is 29.2 Å². The Morgan fingerprint density at radius 2 is 2.28 bits per heavy atom. The highest BCUT2D eigenvalue weighted by molar-refractivity contribution is 8.01. The third-order valence-electron chi connectivity index (χ3n) is 2.59. The van der Waals surface area contributed by atoms with Gasteiger partial charge in [-0.2, -0.15) is 11.8 Å². The first-order valence-electron chi connectivity index (χ1n) is 5.40. The molecule has 1 aromatic rings. The van der Waals surface area contributed by atoms with Gasteiger partial charge >= 0.3 is 6.01 Å². The first kappa shape index (κ1) is 14.0. The summed E-state index contributed by atoms with van der Waals surface area (Å²) in [7, 11) is -3.19. The number of rotatable bonds is 3. The fourth-order valence-corrected chi connectivity index (χ4v) is 4.56. The summed E-state index contributed by atoms with van der Waals surface area (Å²) in [6.07, 6.45) is 1.22. The van der Waals surface area contributed by atoms with E-state index in [4.69, 9.17) is 16.0 Å². The van der Waals surface area contributed by atoms with Crippen LogP contribution in [0.3, 0.4) is 0 Å². The van der Waals surface area contributed by atoms with Crippen LogP contribution in [0.4, 0.5) is 6.01 Å². The maximum absolute atomic E-state index is 11.7. The van der Waals surface area contributed by atoms with Crippen molar-refractivity contribution >= 4 is 39.2 Å². The zero-order valence-corrected chi connectivity index (χ0v) is 12.4. The molecule has 0 N–H and O–H groups in total. The molecule has 1 fully saturated rings. The van der Waals surface area contributed by atoms with Crippen molar-refractivity contribution in [1.82, 2.24) is 10.2 Å². The number of nitrogens with zero attached hydrogens (tertiary/aromatic N) is 3. The summed E-state index contributed by atoms with van der Waals surface area (Å²) in [5.74, 6) is 1.64. The molecule has 0 radical (unpaired) electrons. The molecule has 1 aromatic heterocycles. The molecule has 102 valence electrons. The van der Waals surface area contributed by atoms with Crippen molar-refractivity contribution in [1.29, 1.82) is 0 Å². The third kappa shape index (κ3) is 2.92. The second-order valence-corrected chi connectivity index (χ2v) is 8.10. The van der Waals surface area contributed by atoms with Crippen LogP contribution >= 0.6 is 23.4 Å². The molecule has 1 aliphatic heterocycles. The van der Waals surface area contributed by atoms with E-state index in [2.05, 4.69) is 10.2 Å². The lowest BCUT2D eigenvalue weighted by atomic mass is 10.5. The monoisotopic (exact) mass is 311 g/mol. The Morgan fingerprint density at radius 1 is 1.56 bits per heavy atom. The SMILES string of the molecule is CC(Cl)c1nnc(N2CCSCC2S(C)(=O)=O)o1. The molecule has 18 heavy (non-hydrogen) atoms. The molecule has 0 spiro atoms. The Bertz CT molecular complexity index is 517. The fraction of sp³-hybridized carbons (Fsp3) is 0.778. The smallest absolute Gasteiger partial charge is 0.319 e. The molecule has 1 saturated heterocycles. The number of hydrogen-bond donors (Lipinski definition) is 0. The number of aromatic nitrogens is 2. The van der Waals surface area contributed by atoms with Gasteiger partial charge in [-0.15, -0.1) is 16.7 Å². The van der Waals surface area contributed by atoms with Gasteiger partial charge in [0.1, 0.15) is 10.8 Å². The van der Waals surface area contributed by atoms with Gasteiger partial charge in [0.25, 0.3) is 0 Å². The van der Waals surface area contributed by atoms with E-state index in [9.17, 15) is 8.42 Å². The van der Waals surface area contributed by atoms with Crippen molar-refractivity contribution < 1.29 is 12.8 Å². The van der Waals surface area contributed by atoms with E-state index >= 15 is 0 Å². The maximum Gasteiger partial charge on any atom is 0.319 e. The molecule has 2 atom stereocenters. The minimum absolute atomic E-state index is 0.230. The van der Waals surface area contributed by atoms with Gasteiger partial charge in [-0.25, -0.2) is 8.42 Å². The number of sulfone groups is 1. The van der Waals surface area contributed by atoms with Gasteiger partial charge in [-0.3, -0.25) is 0 Å². The predicted octanol–water partition coefficient (Wildman–Crippen LogP) is 1.29. The van der Waals surface area contributed by atoms with Crippen molar-refractivity contribution in [3.05, 3.63) is 5.89 Å². The molecular weight excluding hydrogens is 298 g/mol. The standard InChI is InChI=1S/C9H14ClN3O3S2/c1-6(10)8-11-12-9(16-8)13-3-4-17-5-7(13)18(2,14)15/h6-7H,3-5H2,1-2H3. The Kier molecular flexibility index (Phi) is 4.08. The summed E-state index contributed by atoms with van der Waals surface area (Å²) < 4.78 is 28.9. The van der Waals surface area contributed by atoms with E-state index in [-0.39, 0.29) is 11.4 Å². The molecule has 2 unspecified atom stereocenters. The quantitative estimate of drug-likeness (QED) is 0.778. The van der Waals surface area contributed by atoms with Gasteiger partial charge in [0.2, 0.25) is 5.89 Å². The van der Waals surface area contributed by atoms with E-state index in [1.807, 2.05) is 0 Å². The number of thioether (sulfide) groups is 1. The van der Waals surface area contributed by atoms with Gasteiger partial charge in [0.05, 0.1) is 0 Å². The minimum Gasteiger partial charge on any atom is -0.406 e. The summed E-state index contributed by atoms with van der Waals surface area (Å²) in [6, 6.07) is 0.230. The molecule has 9 heteroatoms. The molecule has 0 aliphatic carbocycles. The normalized spacial score (nSPS) is 23.1. The average molecular weight is 312 g/mol. The summed E-state index contributed by atoms with van der Waals surface area (Å²) >= 11 is 7.45. The van der Waals surface area contributed by atoms with E-state index in [1.165, 1.54) is 6.26 Å². The number of anilines is 1. The van der Waals surface area contributed by atoms with E-state index in [0.29, 0.717) is 18.2 Å². The van der Waals surface area contributed by atoms with Crippen molar-refractivity contribution in [2.45, 2.75) is 17.7 Å². The zero-order chi connectivity index (χ0) is 13.3. The first-order valence-corrected chi connectivity index (χ1v) is 8.95. The van der Waals surface area contributed by atoms with Crippen LogP contribution in [-0.2, 0) is 9.84 Å². The summed E-state index contributed by atoms with van der Waals surface area (Å²) in [5, 5.41) is 6.69. The lowest BCUT2D eigenvalue weighted by molar-refractivity contribution is 0.479. The molecular formula is C9H14ClN3O3S2. The van der Waals surface area contributed by atoms with Gasteiger partial charge in [-0.05, 0) is 6.92 Å². The van der Waals surface area contributed by atoms with Crippen LogP contribution in [0.2, 0.25) is 0 Å². The molecule has 0 aromatic carbocycles. The molecule has 0 bridgehead atoms. The van der Waals surface area contributed by atoms with Crippen LogP contribution in [0.5, 0.6) is 0 Å². The van der Waals surface area contributed by atoms with Gasteiger partial charge in [0.15, 0.2) is 9.84 Å².